The molecule has 3 saturated heterocycles. The standard InChI is InChI=1S/C47H58FN13O18/c1-22(62)67-21-33-40(78-45-35(57-61-53)42(72-25(4)65)39(71-24(3)64)31(17-49)74-45)44(73-26(5)66)47(76-33)79-43-36(70-23(2)63)29(55-59-51)16-30(56-60-52)37(43)77-46-41(69-20-28-14-10-7-11-15-28)34(48)38(32(75-46)18-54-58-50)68-19-27-12-8-6-9-13-27/h6-15,29-47H,16-21,49H2,1-5H3/t29?,30?,31-,32+,33+,34-,35?,36-,37+,38+,39+,40+,41+,42+,43+,44+,45+,46+,47-/m0/s1. The Hall–Kier alpha value is -7.40. The molecule has 4 aliphatic rings. The molecule has 2 aromatic rings. The molecule has 79 heavy (non-hydrogen) atoms. The first-order valence-electron chi connectivity index (χ1n) is 24.5. The summed E-state index contributed by atoms with van der Waals surface area (Å²) in [6.07, 6.45) is -27.5. The average molecular weight is 1110 g/mol. The maximum atomic E-state index is 17.6. The summed E-state index contributed by atoms with van der Waals surface area (Å²) in [6.45, 7) is 3.21. The maximum Gasteiger partial charge on any atom is 0.303 e. The number of hydrogen-bond donors (Lipinski definition) is 1. The largest absolute Gasteiger partial charge is 0.463 e. The van der Waals surface area contributed by atoms with Crippen LogP contribution in [-0.2, 0) is 98.8 Å². The molecular formula is C47H58FN13O18. The summed E-state index contributed by atoms with van der Waals surface area (Å²) in [6, 6.07) is 12.8. The second-order valence-electron chi connectivity index (χ2n) is 18.1. The van der Waals surface area contributed by atoms with E-state index in [1.54, 1.807) is 60.7 Å². The van der Waals surface area contributed by atoms with E-state index in [9.17, 15) is 46.1 Å². The van der Waals surface area contributed by atoms with Gasteiger partial charge in [0.05, 0.1) is 44.1 Å². The van der Waals surface area contributed by atoms with Gasteiger partial charge in [-0.15, -0.1) is 0 Å². The van der Waals surface area contributed by atoms with Crippen LogP contribution in [0.4, 0.5) is 4.39 Å². The minimum absolute atomic E-state index is 0.121. The number of esters is 5. The number of alkyl halides is 1. The number of benzene rings is 2. The van der Waals surface area contributed by atoms with Crippen LogP contribution in [-0.4, -0.2) is 166 Å². The fourth-order valence-electron chi connectivity index (χ4n) is 9.42. The van der Waals surface area contributed by atoms with Crippen LogP contribution in [0.1, 0.15) is 52.2 Å². The molecule has 1 aliphatic carbocycles. The minimum Gasteiger partial charge on any atom is -0.463 e. The van der Waals surface area contributed by atoms with Crippen molar-refractivity contribution in [1.82, 2.24) is 0 Å². The van der Waals surface area contributed by atoms with E-state index in [1.807, 2.05) is 0 Å². The summed E-state index contributed by atoms with van der Waals surface area (Å²) in [4.78, 5) is 74.9. The highest BCUT2D eigenvalue weighted by molar-refractivity contribution is 5.68. The molecule has 19 atom stereocenters. The van der Waals surface area contributed by atoms with Crippen LogP contribution in [0.15, 0.2) is 81.1 Å². The Morgan fingerprint density at radius 3 is 1.57 bits per heavy atom. The lowest BCUT2D eigenvalue weighted by molar-refractivity contribution is -0.334. The molecule has 31 nitrogen and oxygen atoms in total. The smallest absolute Gasteiger partial charge is 0.303 e. The van der Waals surface area contributed by atoms with E-state index < -0.39 is 172 Å². The van der Waals surface area contributed by atoms with Gasteiger partial charge in [0.2, 0.25) is 0 Å². The Kier molecular flexibility index (Phi) is 22.7. The molecule has 0 amide bonds. The third-order valence-corrected chi connectivity index (χ3v) is 12.6. The van der Waals surface area contributed by atoms with Gasteiger partial charge >= 0.3 is 29.8 Å². The Balaban J connectivity index is 1.45. The molecule has 32 heteroatoms. The van der Waals surface area contributed by atoms with Crippen molar-refractivity contribution < 1.29 is 89.9 Å². The summed E-state index contributed by atoms with van der Waals surface area (Å²) in [5.74, 6) is -4.57. The van der Waals surface area contributed by atoms with E-state index >= 15 is 4.39 Å². The molecule has 0 aromatic heterocycles. The quantitative estimate of drug-likeness (QED) is 0.0483. The highest BCUT2D eigenvalue weighted by Crippen LogP contribution is 2.41. The lowest BCUT2D eigenvalue weighted by atomic mass is 9.83. The minimum atomic E-state index is -2.13. The average Bonchev–Trinajstić information content (AvgIpc) is 3.81. The number of ether oxygens (including phenoxy) is 13. The van der Waals surface area contributed by atoms with Gasteiger partial charge in [-0.1, -0.05) is 81.1 Å². The van der Waals surface area contributed by atoms with E-state index in [0.717, 1.165) is 34.6 Å². The molecule has 3 aliphatic heterocycles. The van der Waals surface area contributed by atoms with Gasteiger partial charge in [0.1, 0.15) is 55.4 Å². The van der Waals surface area contributed by atoms with Gasteiger partial charge in [-0.25, -0.2) is 4.39 Å². The number of nitrogens with two attached hydrogens (primary N) is 1. The van der Waals surface area contributed by atoms with E-state index in [1.165, 1.54) is 0 Å². The number of halogens is 1. The Bertz CT molecular complexity index is 2610. The Labute approximate surface area is 449 Å². The first-order chi connectivity index (χ1) is 38.0. The van der Waals surface area contributed by atoms with Gasteiger partial charge in [-0.05, 0) is 39.7 Å². The molecule has 2 aromatic carbocycles. The zero-order valence-electron chi connectivity index (χ0n) is 43.2. The monoisotopic (exact) mass is 1110 g/mol. The second-order valence-corrected chi connectivity index (χ2v) is 18.1. The van der Waals surface area contributed by atoms with Crippen LogP contribution in [0.25, 0.3) is 41.8 Å². The van der Waals surface area contributed by atoms with Crippen molar-refractivity contribution in [2.75, 3.05) is 19.7 Å². The number of azide groups is 4. The molecule has 3 unspecified atom stereocenters. The SMILES string of the molecule is CC(=O)OC[C@H]1O[C@@H](O[C@H]2[C@H](O[C@H]3O[C@H](CN=[N+]=[N-])[C@@H](OCc4ccccc4)[C@H](F)[C@H]3OCc3ccccc3)C(N=[N+]=[N-])CC(N=[N+]=[N-])[C@@H]2OC(C)=O)[C@H](OC(C)=O)[C@@H]1O[C@H]1O[C@@H](CN)[C@@H](OC(C)=O)[C@H](OC(C)=O)C1N=[N+]=[N-]. The lowest BCUT2D eigenvalue weighted by Crippen LogP contribution is -2.64. The molecule has 0 spiro atoms. The summed E-state index contributed by atoms with van der Waals surface area (Å²) < 4.78 is 96.3. The predicted octanol–water partition coefficient (Wildman–Crippen LogP) is 4.82. The predicted molar refractivity (Wildman–Crippen MR) is 261 cm³/mol. The van der Waals surface area contributed by atoms with Crippen LogP contribution in [0.5, 0.6) is 0 Å². The highest BCUT2D eigenvalue weighted by atomic mass is 19.1. The van der Waals surface area contributed by atoms with Crippen LogP contribution < -0.4 is 5.73 Å². The summed E-state index contributed by atoms with van der Waals surface area (Å²) >= 11 is 0. The summed E-state index contributed by atoms with van der Waals surface area (Å²) in [5, 5.41) is 15.1. The topological polar surface area (TPSA) is 426 Å². The zero-order chi connectivity index (χ0) is 57.2. The zero-order valence-corrected chi connectivity index (χ0v) is 43.2. The molecule has 0 bridgehead atoms. The van der Waals surface area contributed by atoms with Gasteiger partial charge in [-0.3, -0.25) is 24.0 Å². The van der Waals surface area contributed by atoms with Crippen molar-refractivity contribution in [2.45, 2.75) is 171 Å². The fraction of sp³-hybridized carbons (Fsp3) is 0.638. The van der Waals surface area contributed by atoms with Crippen LogP contribution in [0.3, 0.4) is 0 Å². The number of carbonyl (C=O) groups excluding carboxylic acids is 5. The van der Waals surface area contributed by atoms with Gasteiger partial charge < -0.3 is 67.3 Å². The second kappa shape index (κ2) is 29.5. The summed E-state index contributed by atoms with van der Waals surface area (Å²) in [7, 11) is 0. The van der Waals surface area contributed by atoms with Crippen molar-refractivity contribution in [3.8, 4) is 0 Å². The first kappa shape index (κ1) is 60.8. The Morgan fingerprint density at radius 2 is 1.03 bits per heavy atom. The van der Waals surface area contributed by atoms with E-state index in [0.29, 0.717) is 11.1 Å². The van der Waals surface area contributed by atoms with E-state index in [-0.39, 0.29) is 13.2 Å². The number of hydrogen-bond acceptors (Lipinski definition) is 23. The summed E-state index contributed by atoms with van der Waals surface area (Å²) in [5.41, 5.74) is 46.3. The number of rotatable bonds is 24. The van der Waals surface area contributed by atoms with Crippen molar-refractivity contribution in [2.24, 2.45) is 26.2 Å². The molecule has 6 rings (SSSR count). The van der Waals surface area contributed by atoms with Crippen LogP contribution in [0, 0.1) is 0 Å². The molecular weight excluding hydrogens is 1050 g/mol. The van der Waals surface area contributed by atoms with Crippen molar-refractivity contribution in [3.05, 3.63) is 114 Å². The molecule has 0 radical (unpaired) electrons. The third kappa shape index (κ3) is 16.3. The molecule has 3 heterocycles. The third-order valence-electron chi connectivity index (χ3n) is 12.6. The molecule has 426 valence electrons. The molecule has 4 fully saturated rings. The molecule has 2 N–H and O–H groups in total. The van der Waals surface area contributed by atoms with E-state index in [2.05, 4.69) is 40.1 Å². The van der Waals surface area contributed by atoms with Gasteiger partial charge in [0.15, 0.2) is 43.4 Å². The highest BCUT2D eigenvalue weighted by Gasteiger charge is 2.59. The maximum absolute atomic E-state index is 17.6. The van der Waals surface area contributed by atoms with Crippen LogP contribution >= 0.6 is 0 Å². The fourth-order valence-corrected chi connectivity index (χ4v) is 9.42. The number of carbonyl (C=O) groups is 5. The van der Waals surface area contributed by atoms with Gasteiger partial charge in [0, 0.05) is 60.8 Å². The van der Waals surface area contributed by atoms with Crippen molar-refractivity contribution >= 4 is 29.8 Å². The van der Waals surface area contributed by atoms with Crippen molar-refractivity contribution in [1.29, 1.82) is 0 Å². The van der Waals surface area contributed by atoms with Crippen LogP contribution in [0.2, 0.25) is 0 Å². The van der Waals surface area contributed by atoms with Crippen molar-refractivity contribution in [3.63, 3.8) is 0 Å². The van der Waals surface area contributed by atoms with Gasteiger partial charge in [-0.2, -0.15) is 0 Å². The first-order valence-corrected chi connectivity index (χ1v) is 24.5. The molecule has 1 saturated carbocycles. The number of nitrogens with zero attached hydrogens (tertiary/aromatic N) is 12. The van der Waals surface area contributed by atoms with Gasteiger partial charge in [0.25, 0.3) is 0 Å². The lowest BCUT2D eigenvalue weighted by Gasteiger charge is -2.48. The normalized spacial score (nSPS) is 32.9. The van der Waals surface area contributed by atoms with E-state index in [4.69, 9.17) is 67.3 Å². The Morgan fingerprint density at radius 1 is 0.544 bits per heavy atom.